The maximum Gasteiger partial charge on any atom is 0.330 e. The summed E-state index contributed by atoms with van der Waals surface area (Å²) < 4.78 is 20.1. The van der Waals surface area contributed by atoms with Crippen molar-refractivity contribution in [3.05, 3.63) is 45.0 Å². The van der Waals surface area contributed by atoms with E-state index in [1.807, 2.05) is 0 Å². The first-order chi connectivity index (χ1) is 18.7. The molecule has 2 fully saturated rings. The average Bonchev–Trinajstić information content (AvgIpc) is 3.56. The molecule has 0 saturated carbocycles. The number of aryl methyl sites for hydroxylation is 1. The number of nitrogens with one attached hydrogen (secondary N) is 1. The molecular weight excluding hydrogens is 516 g/mol. The van der Waals surface area contributed by atoms with Crippen LogP contribution in [0, 0.1) is 0 Å². The van der Waals surface area contributed by atoms with Gasteiger partial charge in [0.2, 0.25) is 0 Å². The van der Waals surface area contributed by atoms with Gasteiger partial charge in [-0.15, -0.1) is 5.10 Å². The molecule has 0 aromatic carbocycles. The predicted molar refractivity (Wildman–Crippen MR) is 134 cm³/mol. The fraction of sp³-hybridized carbons (Fsp3) is 0.750. The lowest BCUT2D eigenvalue weighted by molar-refractivity contribution is -0.220. The minimum Gasteiger partial charge on any atom is -0.387 e. The van der Waals surface area contributed by atoms with Crippen LogP contribution in [0.3, 0.4) is 0 Å². The molecule has 15 heteroatoms. The van der Waals surface area contributed by atoms with Crippen molar-refractivity contribution < 1.29 is 34.6 Å². The van der Waals surface area contributed by atoms with Crippen LogP contribution in [0.4, 0.5) is 0 Å². The normalized spacial score (nSPS) is 31.6. The number of aromatic amines is 1. The molecule has 2 aromatic rings. The maximum atomic E-state index is 12.3. The maximum absolute atomic E-state index is 12.3. The summed E-state index contributed by atoms with van der Waals surface area (Å²) in [7, 11) is 0. The Bertz CT molecular complexity index is 1170. The Hall–Kier alpha value is -2.50. The second-order valence-electron chi connectivity index (χ2n) is 10.0. The SMILES string of the molecule is CCCCCCCn1cc(C[C@H](O[C@@H]2O[C@H](CN)[C@@H](O)[C@H]2O)[C@H]2O[C@@H](n3ccc(=O)[nH]c3=O)[C@H](O)[C@@H]2O)nn1. The van der Waals surface area contributed by atoms with E-state index in [0.29, 0.717) is 12.2 Å². The van der Waals surface area contributed by atoms with Crippen LogP contribution in [0.5, 0.6) is 0 Å². The predicted octanol–water partition coefficient (Wildman–Crippen LogP) is -2.25. The number of aliphatic hydroxyl groups excluding tert-OH is 4. The lowest BCUT2D eigenvalue weighted by atomic mass is 10.0. The molecule has 2 aromatic heterocycles. The molecule has 4 heterocycles. The zero-order valence-electron chi connectivity index (χ0n) is 21.8. The minimum absolute atomic E-state index is 0.0352. The van der Waals surface area contributed by atoms with Gasteiger partial charge in [-0.2, -0.15) is 0 Å². The number of nitrogens with two attached hydrogens (primary N) is 1. The number of ether oxygens (including phenoxy) is 3. The molecule has 2 aliphatic heterocycles. The van der Waals surface area contributed by atoms with Gasteiger partial charge in [0.25, 0.3) is 5.56 Å². The zero-order chi connectivity index (χ0) is 28.1. The van der Waals surface area contributed by atoms with Crippen LogP contribution >= 0.6 is 0 Å². The lowest BCUT2D eigenvalue weighted by Gasteiger charge is -2.29. The number of hydrogen-bond acceptors (Lipinski definition) is 12. The topological polar surface area (TPSA) is 220 Å². The lowest BCUT2D eigenvalue weighted by Crippen LogP contribution is -2.45. The Labute approximate surface area is 224 Å². The first kappa shape index (κ1) is 29.5. The monoisotopic (exact) mass is 554 g/mol. The number of H-pyrrole nitrogens is 1. The van der Waals surface area contributed by atoms with Gasteiger partial charge in [-0.1, -0.05) is 37.8 Å². The Morgan fingerprint density at radius 3 is 2.54 bits per heavy atom. The van der Waals surface area contributed by atoms with E-state index in [9.17, 15) is 30.0 Å². The number of nitrogens with zero attached hydrogens (tertiary/aromatic N) is 4. The van der Waals surface area contributed by atoms with Crippen molar-refractivity contribution in [2.24, 2.45) is 5.73 Å². The standard InChI is InChI=1S/C24H38N6O9/c1-2-3-4-5-6-8-29-12-13(27-28-29)10-14(37-23-20(35)17(32)15(11-25)38-23)21-18(33)19(34)22(39-21)30-9-7-16(31)26-24(30)36/h7,9,12,14-15,17-23,32-35H,2-6,8,10-11,25H2,1H3,(H,26,31,36)/t14-,15+,17+,18-,19+,20+,21+,22+,23+/m0/s1. The molecule has 15 nitrogen and oxygen atoms in total. The van der Waals surface area contributed by atoms with E-state index >= 15 is 0 Å². The Morgan fingerprint density at radius 1 is 1.08 bits per heavy atom. The van der Waals surface area contributed by atoms with Gasteiger partial charge in [-0.05, 0) is 6.42 Å². The van der Waals surface area contributed by atoms with E-state index in [1.165, 1.54) is 6.42 Å². The molecule has 0 spiro atoms. The van der Waals surface area contributed by atoms with Gasteiger partial charge >= 0.3 is 5.69 Å². The Balaban J connectivity index is 1.52. The summed E-state index contributed by atoms with van der Waals surface area (Å²) in [6.45, 7) is 2.77. The van der Waals surface area contributed by atoms with Crippen molar-refractivity contribution in [3.8, 4) is 0 Å². The molecule has 0 bridgehead atoms. The Kier molecular flexibility index (Phi) is 10.0. The molecule has 7 N–H and O–H groups in total. The summed E-state index contributed by atoms with van der Waals surface area (Å²) >= 11 is 0. The molecule has 9 atom stereocenters. The van der Waals surface area contributed by atoms with Crippen molar-refractivity contribution in [1.29, 1.82) is 0 Å². The van der Waals surface area contributed by atoms with Gasteiger partial charge < -0.3 is 40.4 Å². The summed E-state index contributed by atoms with van der Waals surface area (Å²) in [5.41, 5.74) is 4.65. The quantitative estimate of drug-likeness (QED) is 0.145. The van der Waals surface area contributed by atoms with Crippen LogP contribution in [-0.4, -0.2) is 101 Å². The number of unbranched alkanes of at least 4 members (excludes halogenated alkanes) is 4. The van der Waals surface area contributed by atoms with Gasteiger partial charge in [-0.25, -0.2) is 4.79 Å². The fourth-order valence-electron chi connectivity index (χ4n) is 4.91. The molecule has 39 heavy (non-hydrogen) atoms. The van der Waals surface area contributed by atoms with Crippen molar-refractivity contribution in [1.82, 2.24) is 24.5 Å². The van der Waals surface area contributed by atoms with Gasteiger partial charge in [0.15, 0.2) is 12.5 Å². The number of hydrogen-bond donors (Lipinski definition) is 6. The molecule has 2 aliphatic rings. The number of rotatable bonds is 13. The van der Waals surface area contributed by atoms with Crippen LogP contribution in [0.1, 0.15) is 50.9 Å². The van der Waals surface area contributed by atoms with Gasteiger partial charge in [0.05, 0.1) is 11.8 Å². The summed E-state index contributed by atoms with van der Waals surface area (Å²) in [5.74, 6) is 0. The van der Waals surface area contributed by atoms with Gasteiger partial charge in [0, 0.05) is 38.0 Å². The van der Waals surface area contributed by atoms with Gasteiger partial charge in [0.1, 0.15) is 36.6 Å². The van der Waals surface area contributed by atoms with Gasteiger partial charge in [-0.3, -0.25) is 19.0 Å². The fourth-order valence-corrected chi connectivity index (χ4v) is 4.91. The molecule has 0 radical (unpaired) electrons. The highest BCUT2D eigenvalue weighted by molar-refractivity contribution is 5.02. The van der Waals surface area contributed by atoms with Crippen LogP contribution in [0.15, 0.2) is 28.0 Å². The molecule has 218 valence electrons. The van der Waals surface area contributed by atoms with Crippen molar-refractivity contribution in [2.45, 2.75) is 107 Å². The zero-order valence-corrected chi connectivity index (χ0v) is 21.8. The summed E-state index contributed by atoms with van der Waals surface area (Å²) in [4.78, 5) is 25.9. The minimum atomic E-state index is -1.56. The van der Waals surface area contributed by atoms with Crippen LogP contribution in [0.25, 0.3) is 0 Å². The largest absolute Gasteiger partial charge is 0.387 e. The third-order valence-electron chi connectivity index (χ3n) is 7.11. The third kappa shape index (κ3) is 6.81. The van der Waals surface area contributed by atoms with Crippen LogP contribution in [0.2, 0.25) is 0 Å². The molecule has 4 rings (SSSR count). The van der Waals surface area contributed by atoms with E-state index in [0.717, 1.165) is 42.5 Å². The molecule has 2 saturated heterocycles. The summed E-state index contributed by atoms with van der Waals surface area (Å²) in [6.07, 6.45) is -3.18. The number of aliphatic hydroxyl groups is 4. The van der Waals surface area contributed by atoms with Crippen molar-refractivity contribution in [3.63, 3.8) is 0 Å². The first-order valence-electron chi connectivity index (χ1n) is 13.3. The van der Waals surface area contributed by atoms with Crippen LogP contribution < -0.4 is 17.0 Å². The summed E-state index contributed by atoms with van der Waals surface area (Å²) in [5, 5.41) is 50.7. The molecular formula is C24H38N6O9. The van der Waals surface area contributed by atoms with E-state index in [4.69, 9.17) is 19.9 Å². The third-order valence-corrected chi connectivity index (χ3v) is 7.11. The van der Waals surface area contributed by atoms with Crippen molar-refractivity contribution in [2.75, 3.05) is 6.54 Å². The average molecular weight is 555 g/mol. The molecule has 0 aliphatic carbocycles. The molecule has 0 unspecified atom stereocenters. The smallest absolute Gasteiger partial charge is 0.330 e. The second kappa shape index (κ2) is 13.2. The highest BCUT2D eigenvalue weighted by Crippen LogP contribution is 2.34. The Morgan fingerprint density at radius 2 is 1.85 bits per heavy atom. The van der Waals surface area contributed by atoms with E-state index in [2.05, 4.69) is 22.2 Å². The highest BCUT2D eigenvalue weighted by atomic mass is 16.7. The number of aromatic nitrogens is 5. The van der Waals surface area contributed by atoms with E-state index in [1.54, 1.807) is 10.9 Å². The summed E-state index contributed by atoms with van der Waals surface area (Å²) in [6, 6.07) is 1.09. The second-order valence-corrected chi connectivity index (χ2v) is 10.0. The highest BCUT2D eigenvalue weighted by Gasteiger charge is 2.51. The van der Waals surface area contributed by atoms with Crippen LogP contribution in [-0.2, 0) is 27.2 Å². The van der Waals surface area contributed by atoms with E-state index < -0.39 is 66.5 Å². The van der Waals surface area contributed by atoms with E-state index in [-0.39, 0.29) is 13.0 Å². The first-order valence-corrected chi connectivity index (χ1v) is 13.3. The molecule has 0 amide bonds. The van der Waals surface area contributed by atoms with Crippen molar-refractivity contribution >= 4 is 0 Å².